The van der Waals surface area contributed by atoms with E-state index in [0.717, 1.165) is 57.5 Å². The van der Waals surface area contributed by atoms with Crippen LogP contribution in [0.25, 0.3) is 22.3 Å². The predicted molar refractivity (Wildman–Crippen MR) is 145 cm³/mol. The van der Waals surface area contributed by atoms with Crippen molar-refractivity contribution < 1.29 is 13.5 Å². The molecule has 3 aromatic heterocycles. The molecule has 1 atom stereocenters. The second kappa shape index (κ2) is 10.2. The smallest absolute Gasteiger partial charge is 0.229 e. The highest BCUT2D eigenvalue weighted by molar-refractivity contribution is 5.83. The minimum absolute atomic E-state index is 0.00160. The lowest BCUT2D eigenvalue weighted by Crippen LogP contribution is -2.52. The molecule has 4 aromatic rings. The third kappa shape index (κ3) is 5.09. The molecule has 0 bridgehead atoms. The zero-order chi connectivity index (χ0) is 27.1. The van der Waals surface area contributed by atoms with Crippen LogP contribution in [0.1, 0.15) is 37.7 Å². The van der Waals surface area contributed by atoms with Crippen LogP contribution in [-0.4, -0.2) is 67.8 Å². The zero-order valence-corrected chi connectivity index (χ0v) is 22.3. The Bertz CT molecular complexity index is 1500. The van der Waals surface area contributed by atoms with E-state index in [4.69, 9.17) is 4.74 Å². The Labute approximate surface area is 225 Å². The van der Waals surface area contributed by atoms with E-state index in [1.54, 1.807) is 6.07 Å². The van der Waals surface area contributed by atoms with Gasteiger partial charge >= 0.3 is 0 Å². The highest BCUT2D eigenvalue weighted by Gasteiger charge is 2.39. The van der Waals surface area contributed by atoms with Gasteiger partial charge in [-0.25, -0.2) is 28.7 Å². The van der Waals surface area contributed by atoms with E-state index in [9.17, 15) is 8.78 Å². The van der Waals surface area contributed by atoms with Crippen LogP contribution in [0.15, 0.2) is 36.7 Å². The second-order valence-corrected chi connectivity index (χ2v) is 10.7. The van der Waals surface area contributed by atoms with Crippen LogP contribution in [0, 0.1) is 18.6 Å². The van der Waals surface area contributed by atoms with Crippen molar-refractivity contribution in [3.8, 4) is 11.3 Å². The van der Waals surface area contributed by atoms with Crippen LogP contribution in [-0.2, 0) is 11.3 Å². The number of aryl methyl sites for hydroxylation is 1. The Balaban J connectivity index is 1.20. The van der Waals surface area contributed by atoms with Crippen molar-refractivity contribution in [2.24, 2.45) is 0 Å². The number of rotatable bonds is 6. The van der Waals surface area contributed by atoms with Crippen LogP contribution in [0.4, 0.5) is 20.5 Å². The Morgan fingerprint density at radius 1 is 1.13 bits per heavy atom. The van der Waals surface area contributed by atoms with Gasteiger partial charge in [-0.2, -0.15) is 0 Å². The molecular formula is C28H32F2N8O. The van der Waals surface area contributed by atoms with Crippen LogP contribution < -0.4 is 10.6 Å². The molecule has 0 aliphatic carbocycles. The second-order valence-electron chi connectivity index (χ2n) is 10.7. The Hall–Kier alpha value is -3.54. The van der Waals surface area contributed by atoms with Crippen LogP contribution in [0.3, 0.4) is 0 Å². The fourth-order valence-electron chi connectivity index (χ4n) is 5.69. The van der Waals surface area contributed by atoms with Crippen molar-refractivity contribution in [3.63, 3.8) is 0 Å². The van der Waals surface area contributed by atoms with E-state index in [2.05, 4.69) is 35.5 Å². The molecule has 39 heavy (non-hydrogen) atoms. The highest BCUT2D eigenvalue weighted by Crippen LogP contribution is 2.31. The van der Waals surface area contributed by atoms with E-state index < -0.39 is 11.6 Å². The van der Waals surface area contributed by atoms with Gasteiger partial charge in [0.25, 0.3) is 0 Å². The molecule has 11 heteroatoms. The largest absolute Gasteiger partial charge is 0.371 e. The monoisotopic (exact) mass is 534 g/mol. The molecule has 1 spiro atoms. The summed E-state index contributed by atoms with van der Waals surface area (Å²) in [6.07, 6.45) is 3.94. The first-order valence-electron chi connectivity index (χ1n) is 13.3. The summed E-state index contributed by atoms with van der Waals surface area (Å²) < 4.78 is 37.8. The van der Waals surface area contributed by atoms with E-state index in [1.807, 2.05) is 43.7 Å². The van der Waals surface area contributed by atoms with Gasteiger partial charge < -0.3 is 19.9 Å². The zero-order valence-electron chi connectivity index (χ0n) is 22.3. The highest BCUT2D eigenvalue weighted by atomic mass is 19.1. The lowest BCUT2D eigenvalue weighted by molar-refractivity contribution is -0.0984. The first kappa shape index (κ1) is 25.7. The minimum Gasteiger partial charge on any atom is -0.371 e. The van der Waals surface area contributed by atoms with Gasteiger partial charge in [0.1, 0.15) is 22.9 Å². The van der Waals surface area contributed by atoms with Gasteiger partial charge in [-0.3, -0.25) is 4.90 Å². The molecule has 2 saturated heterocycles. The topological polar surface area (TPSA) is 93.0 Å². The van der Waals surface area contributed by atoms with E-state index >= 15 is 0 Å². The number of ether oxygens (including phenoxy) is 1. The van der Waals surface area contributed by atoms with Gasteiger partial charge in [0.15, 0.2) is 11.6 Å². The SMILES string of the molecule is Cc1nc2c(F)cc(-c3nc(Nc4ccc(CN5CCO[C@@]6(CCNC6)C5)cn4)ncc3F)cc2n1C(C)C. The first-order valence-corrected chi connectivity index (χ1v) is 13.3. The van der Waals surface area contributed by atoms with Crippen molar-refractivity contribution in [3.05, 3.63) is 59.7 Å². The van der Waals surface area contributed by atoms with Gasteiger partial charge in [-0.05, 0) is 57.5 Å². The number of halogens is 2. The third-order valence-electron chi connectivity index (χ3n) is 7.46. The van der Waals surface area contributed by atoms with Crippen molar-refractivity contribution in [2.75, 3.05) is 38.1 Å². The van der Waals surface area contributed by atoms with Gasteiger partial charge in [-0.15, -0.1) is 0 Å². The molecule has 204 valence electrons. The summed E-state index contributed by atoms with van der Waals surface area (Å²) in [5.41, 5.74) is 2.18. The summed E-state index contributed by atoms with van der Waals surface area (Å²) in [6, 6.07) is 6.91. The van der Waals surface area contributed by atoms with E-state index in [0.29, 0.717) is 22.7 Å². The molecule has 2 N–H and O–H groups in total. The summed E-state index contributed by atoms with van der Waals surface area (Å²) in [7, 11) is 0. The molecule has 6 rings (SSSR count). The number of morpholine rings is 1. The number of hydrogen-bond acceptors (Lipinski definition) is 8. The molecule has 0 unspecified atom stereocenters. The number of aromatic nitrogens is 5. The molecule has 0 radical (unpaired) electrons. The molecule has 0 amide bonds. The number of fused-ring (bicyclic) bond motifs is 1. The lowest BCUT2D eigenvalue weighted by Gasteiger charge is -2.40. The fraction of sp³-hybridized carbons (Fsp3) is 0.429. The molecular weight excluding hydrogens is 502 g/mol. The normalized spacial score (nSPS) is 19.9. The van der Waals surface area contributed by atoms with Gasteiger partial charge in [-0.1, -0.05) is 6.07 Å². The molecule has 2 fully saturated rings. The Morgan fingerprint density at radius 3 is 2.74 bits per heavy atom. The summed E-state index contributed by atoms with van der Waals surface area (Å²) in [6.45, 7) is 11.0. The minimum atomic E-state index is -0.643. The average Bonchev–Trinajstić information content (AvgIpc) is 3.50. The summed E-state index contributed by atoms with van der Waals surface area (Å²) in [4.78, 5) is 19.7. The Morgan fingerprint density at radius 2 is 2.00 bits per heavy atom. The molecule has 2 aliphatic heterocycles. The molecule has 2 aliphatic rings. The van der Waals surface area contributed by atoms with Crippen molar-refractivity contribution in [2.45, 2.75) is 45.4 Å². The summed E-state index contributed by atoms with van der Waals surface area (Å²) in [5, 5.41) is 6.45. The molecule has 0 saturated carbocycles. The quantitative estimate of drug-likeness (QED) is 0.377. The van der Waals surface area contributed by atoms with Gasteiger partial charge in [0.2, 0.25) is 5.95 Å². The Kier molecular flexibility index (Phi) is 6.74. The standard InChI is InChI=1S/C28H32F2N8O/c1-17(2)38-18(3)34-26-21(29)10-20(11-23(26)38)25-22(30)13-33-27(36-25)35-24-5-4-19(12-32-24)14-37-8-9-39-28(16-37)6-7-31-15-28/h4-5,10-13,17,31H,6-9,14-16H2,1-3H3,(H,32,33,35,36)/t28-/m1/s1. The third-order valence-corrected chi connectivity index (χ3v) is 7.46. The van der Waals surface area contributed by atoms with E-state index in [-0.39, 0.29) is 28.8 Å². The fourth-order valence-corrected chi connectivity index (χ4v) is 5.69. The van der Waals surface area contributed by atoms with Crippen LogP contribution >= 0.6 is 0 Å². The molecule has 5 heterocycles. The number of pyridine rings is 1. The molecule has 1 aromatic carbocycles. The maximum atomic E-state index is 15.0. The van der Waals surface area contributed by atoms with Crippen molar-refractivity contribution >= 4 is 22.8 Å². The van der Waals surface area contributed by atoms with Crippen molar-refractivity contribution in [1.82, 2.24) is 34.7 Å². The first-order chi connectivity index (χ1) is 18.8. The number of nitrogens with one attached hydrogen (secondary N) is 2. The van der Waals surface area contributed by atoms with Crippen molar-refractivity contribution in [1.29, 1.82) is 0 Å². The van der Waals surface area contributed by atoms with Gasteiger partial charge in [0.05, 0.1) is 23.9 Å². The lowest BCUT2D eigenvalue weighted by atomic mass is 10.0. The predicted octanol–water partition coefficient (Wildman–Crippen LogP) is 4.36. The average molecular weight is 535 g/mol. The summed E-state index contributed by atoms with van der Waals surface area (Å²) in [5.74, 6) is 0.232. The number of imidazole rings is 1. The number of nitrogens with zero attached hydrogens (tertiary/aromatic N) is 6. The summed E-state index contributed by atoms with van der Waals surface area (Å²) >= 11 is 0. The van der Waals surface area contributed by atoms with Gasteiger partial charge in [0, 0.05) is 44.0 Å². The van der Waals surface area contributed by atoms with E-state index in [1.165, 1.54) is 6.07 Å². The van der Waals surface area contributed by atoms with Crippen LogP contribution in [0.5, 0.6) is 0 Å². The number of benzene rings is 1. The number of hydrogen-bond donors (Lipinski definition) is 2. The molecule has 9 nitrogen and oxygen atoms in total. The number of anilines is 2. The van der Waals surface area contributed by atoms with Crippen LogP contribution in [0.2, 0.25) is 0 Å². The maximum Gasteiger partial charge on any atom is 0.229 e. The maximum absolute atomic E-state index is 15.0.